The van der Waals surface area contributed by atoms with Crippen LogP contribution in [-0.4, -0.2) is 50.6 Å². The molecule has 0 heterocycles. The van der Waals surface area contributed by atoms with Crippen LogP contribution >= 0.6 is 0 Å². The van der Waals surface area contributed by atoms with Crippen molar-refractivity contribution in [2.75, 3.05) is 13.7 Å². The highest BCUT2D eigenvalue weighted by molar-refractivity contribution is 6.74. The fourth-order valence-corrected chi connectivity index (χ4v) is 4.85. The van der Waals surface area contributed by atoms with Crippen LogP contribution in [0.3, 0.4) is 0 Å². The lowest BCUT2D eigenvalue weighted by Crippen LogP contribution is -2.47. The Kier molecular flexibility index (Phi) is 17.2. The van der Waals surface area contributed by atoms with Gasteiger partial charge in [0.1, 0.15) is 18.0 Å². The van der Waals surface area contributed by atoms with Crippen LogP contribution in [0, 0.1) is 11.8 Å². The molecule has 0 unspecified atom stereocenters. The molecule has 218 valence electrons. The van der Waals surface area contributed by atoms with Gasteiger partial charge in [-0.1, -0.05) is 78.4 Å². The van der Waals surface area contributed by atoms with E-state index in [4.69, 9.17) is 13.9 Å². The topological polar surface area (TPSA) is 68.2 Å². The van der Waals surface area contributed by atoms with Crippen molar-refractivity contribution in [3.05, 3.63) is 29.8 Å². The van der Waals surface area contributed by atoms with Gasteiger partial charge in [0, 0.05) is 12.8 Å². The number of benzene rings is 1. The molecule has 5 nitrogen and oxygen atoms in total. The second-order valence-corrected chi connectivity index (χ2v) is 16.8. The number of methoxy groups -OCH3 is 1. The number of hydrogen-bond acceptors (Lipinski definition) is 5. The fourth-order valence-electron chi connectivity index (χ4n) is 3.83. The average Bonchev–Trinajstić information content (AvgIpc) is 2.88. The Morgan fingerprint density at radius 3 is 2.00 bits per heavy atom. The molecule has 38 heavy (non-hydrogen) atoms. The van der Waals surface area contributed by atoms with Gasteiger partial charge in [-0.2, -0.15) is 0 Å². The van der Waals surface area contributed by atoms with E-state index in [9.17, 15) is 10.2 Å². The van der Waals surface area contributed by atoms with Crippen LogP contribution in [0.15, 0.2) is 24.3 Å². The van der Waals surface area contributed by atoms with Crippen molar-refractivity contribution in [1.82, 2.24) is 0 Å². The molecule has 0 saturated heterocycles. The zero-order chi connectivity index (χ0) is 28.4. The molecule has 0 saturated carbocycles. The second-order valence-electron chi connectivity index (χ2n) is 11.9. The molecule has 0 radical (unpaired) electrons. The number of hydrogen-bond donors (Lipinski definition) is 2. The maximum absolute atomic E-state index is 11.0. The lowest BCUT2D eigenvalue weighted by Gasteiger charge is -2.38. The Balaban J connectivity index is 2.52. The molecule has 0 aliphatic heterocycles. The van der Waals surface area contributed by atoms with E-state index in [0.717, 1.165) is 49.8 Å². The molecule has 1 aromatic carbocycles. The van der Waals surface area contributed by atoms with E-state index in [-0.39, 0.29) is 11.6 Å². The summed E-state index contributed by atoms with van der Waals surface area (Å²) in [6.07, 6.45) is 9.23. The summed E-state index contributed by atoms with van der Waals surface area (Å²) in [6.45, 7) is 13.8. The summed E-state index contributed by atoms with van der Waals surface area (Å²) in [5.74, 6) is 7.37. The summed E-state index contributed by atoms with van der Waals surface area (Å²) in [4.78, 5) is 0. The summed E-state index contributed by atoms with van der Waals surface area (Å²) in [5, 5.41) is 21.9. The van der Waals surface area contributed by atoms with Crippen LogP contribution in [0.2, 0.25) is 18.1 Å². The lowest BCUT2D eigenvalue weighted by molar-refractivity contribution is -0.112. The molecule has 6 heteroatoms. The first kappa shape index (κ1) is 34.7. The van der Waals surface area contributed by atoms with Crippen molar-refractivity contribution in [3.63, 3.8) is 0 Å². The van der Waals surface area contributed by atoms with E-state index < -0.39 is 26.6 Å². The third-order valence-corrected chi connectivity index (χ3v) is 12.1. The molecule has 3 atom stereocenters. The highest BCUT2D eigenvalue weighted by Gasteiger charge is 2.39. The number of aliphatic hydroxyl groups is 2. The molecule has 0 spiro atoms. The normalized spacial score (nSPS) is 14.4. The molecule has 0 aromatic heterocycles. The second kappa shape index (κ2) is 18.8. The molecule has 0 fully saturated rings. The highest BCUT2D eigenvalue weighted by Crippen LogP contribution is 2.36. The maximum atomic E-state index is 11.0. The molecule has 1 aromatic rings. The van der Waals surface area contributed by atoms with Crippen molar-refractivity contribution in [2.24, 2.45) is 0 Å². The summed E-state index contributed by atoms with van der Waals surface area (Å²) in [7, 11) is -0.387. The number of ether oxygens (including phenoxy) is 2. The number of unbranched alkanes of at least 4 members (excludes halogenated alkanes) is 8. The summed E-state index contributed by atoms with van der Waals surface area (Å²) >= 11 is 0. The molecular formula is C32H56O5Si. The predicted molar refractivity (Wildman–Crippen MR) is 161 cm³/mol. The van der Waals surface area contributed by atoms with Gasteiger partial charge in [-0.3, -0.25) is 0 Å². The van der Waals surface area contributed by atoms with Crippen LogP contribution in [0.5, 0.6) is 5.75 Å². The van der Waals surface area contributed by atoms with E-state index >= 15 is 0 Å². The Morgan fingerprint density at radius 1 is 0.868 bits per heavy atom. The molecular weight excluding hydrogens is 492 g/mol. The first-order valence-corrected chi connectivity index (χ1v) is 17.6. The third-order valence-electron chi connectivity index (χ3n) is 7.64. The van der Waals surface area contributed by atoms with Crippen molar-refractivity contribution in [3.8, 4) is 17.6 Å². The minimum absolute atomic E-state index is 0.0521. The third kappa shape index (κ3) is 14.1. The van der Waals surface area contributed by atoms with Gasteiger partial charge in [0.05, 0.1) is 26.4 Å². The Hall–Kier alpha value is -1.36. The Labute approximate surface area is 234 Å². The van der Waals surface area contributed by atoms with Crippen molar-refractivity contribution in [1.29, 1.82) is 0 Å². The lowest BCUT2D eigenvalue weighted by atomic mass is 10.0. The van der Waals surface area contributed by atoms with Gasteiger partial charge in [0.25, 0.3) is 0 Å². The van der Waals surface area contributed by atoms with E-state index in [1.807, 2.05) is 24.3 Å². The zero-order valence-corrected chi connectivity index (χ0v) is 26.4. The van der Waals surface area contributed by atoms with Gasteiger partial charge >= 0.3 is 0 Å². The summed E-state index contributed by atoms with van der Waals surface area (Å²) in [5.41, 5.74) is 0.980. The minimum atomic E-state index is -2.03. The van der Waals surface area contributed by atoms with Crippen LogP contribution in [-0.2, 0) is 15.8 Å². The van der Waals surface area contributed by atoms with Gasteiger partial charge < -0.3 is 24.1 Å². The van der Waals surface area contributed by atoms with Crippen LogP contribution in [0.4, 0.5) is 0 Å². The van der Waals surface area contributed by atoms with Crippen molar-refractivity contribution < 1.29 is 24.1 Å². The molecule has 2 N–H and O–H groups in total. The van der Waals surface area contributed by atoms with E-state index in [1.54, 1.807) is 7.11 Å². The Morgan fingerprint density at radius 2 is 1.45 bits per heavy atom. The monoisotopic (exact) mass is 548 g/mol. The van der Waals surface area contributed by atoms with Crippen LogP contribution in [0.1, 0.15) is 104 Å². The van der Waals surface area contributed by atoms with E-state index in [2.05, 4.69) is 52.6 Å². The van der Waals surface area contributed by atoms with Crippen molar-refractivity contribution in [2.45, 2.75) is 141 Å². The molecule has 0 amide bonds. The van der Waals surface area contributed by atoms with Gasteiger partial charge in [-0.15, -0.1) is 11.8 Å². The smallest absolute Gasteiger partial charge is 0.192 e. The van der Waals surface area contributed by atoms with Gasteiger partial charge in [0.15, 0.2) is 8.32 Å². The summed E-state index contributed by atoms with van der Waals surface area (Å²) < 4.78 is 17.7. The molecule has 0 aliphatic carbocycles. The summed E-state index contributed by atoms with van der Waals surface area (Å²) in [6, 6.07) is 7.68. The van der Waals surface area contributed by atoms with Crippen molar-refractivity contribution >= 4 is 8.32 Å². The van der Waals surface area contributed by atoms with E-state index in [0.29, 0.717) is 13.0 Å². The first-order valence-electron chi connectivity index (χ1n) is 14.7. The maximum Gasteiger partial charge on any atom is 0.192 e. The quantitative estimate of drug-likeness (QED) is 0.106. The minimum Gasteiger partial charge on any atom is -0.497 e. The fraction of sp³-hybridized carbons (Fsp3) is 0.750. The van der Waals surface area contributed by atoms with Gasteiger partial charge in [-0.05, 0) is 55.1 Å². The standard InChI is InChI=1S/C32H56O5Si/c1-8-9-10-11-12-13-14-15-16-17-18-19-20-29(33)31(34)30(26-37-38(6,7)32(2,3)4)36-25-27-21-23-28(35-5)24-22-27/h21-24,29-31,33-34H,8-12,15-20,25-26H2,1-7H3/t29-,30-,31-/m1/s1. The predicted octanol–water partition coefficient (Wildman–Crippen LogP) is 7.64. The van der Waals surface area contributed by atoms with Gasteiger partial charge in [0.2, 0.25) is 0 Å². The number of aliphatic hydroxyl groups excluding tert-OH is 2. The van der Waals surface area contributed by atoms with E-state index in [1.165, 1.54) is 25.7 Å². The molecule has 0 bridgehead atoms. The molecule has 1 rings (SSSR count). The van der Waals surface area contributed by atoms with Crippen LogP contribution < -0.4 is 4.74 Å². The largest absolute Gasteiger partial charge is 0.497 e. The van der Waals surface area contributed by atoms with Gasteiger partial charge in [-0.25, -0.2) is 0 Å². The Bertz CT molecular complexity index is 791. The van der Waals surface area contributed by atoms with Crippen LogP contribution in [0.25, 0.3) is 0 Å². The first-order chi connectivity index (χ1) is 18.0. The molecule has 0 aliphatic rings. The zero-order valence-electron chi connectivity index (χ0n) is 25.4. The number of rotatable bonds is 19. The SMILES string of the molecule is CCCCCCC#CCCCCCC[C@@H](O)[C@@H](O)[C@@H](CO[Si](C)(C)C(C)(C)C)OCc1ccc(OC)cc1. The average molecular weight is 549 g/mol. The highest BCUT2D eigenvalue weighted by atomic mass is 28.4.